The Balaban J connectivity index is 3.02. The van der Waals surface area contributed by atoms with Gasteiger partial charge in [0.15, 0.2) is 0 Å². The third-order valence-corrected chi connectivity index (χ3v) is 1.45. The van der Waals surface area contributed by atoms with Gasteiger partial charge < -0.3 is 10.5 Å². The summed E-state index contributed by atoms with van der Waals surface area (Å²) in [6.45, 7) is 0.760. The van der Waals surface area contributed by atoms with Gasteiger partial charge in [0.25, 0.3) is 0 Å². The molecule has 0 bridgehead atoms. The second-order valence-electron chi connectivity index (χ2n) is 1.70. The summed E-state index contributed by atoms with van der Waals surface area (Å²) in [5.41, 5.74) is 0.896. The molecule has 68 valence electrons. The molecule has 0 aliphatic carbocycles. The van der Waals surface area contributed by atoms with Crippen molar-refractivity contribution in [2.24, 2.45) is 5.73 Å². The first-order valence-corrected chi connectivity index (χ1v) is 4.03. The van der Waals surface area contributed by atoms with Gasteiger partial charge in [0, 0.05) is 12.3 Å². The Labute approximate surface area is 67.3 Å². The number of thioether (sulfide) groups is 1. The maximum Gasteiger partial charge on any atom is 0.441 e. The monoisotopic (exact) mass is 189 g/mol. The number of nitrogens with two attached hydrogens (primary N) is 1. The highest BCUT2D eigenvalue weighted by molar-refractivity contribution is 8.00. The first kappa shape index (κ1) is 11.1. The summed E-state index contributed by atoms with van der Waals surface area (Å²) in [7, 11) is 0. The Bertz CT molecular complexity index is 98.2. The van der Waals surface area contributed by atoms with Gasteiger partial charge >= 0.3 is 5.51 Å². The number of hydrogen-bond acceptors (Lipinski definition) is 3. The van der Waals surface area contributed by atoms with Crippen LogP contribution in [0, 0.1) is 0 Å². The number of halogens is 3. The molecule has 0 aromatic heterocycles. The first-order valence-electron chi connectivity index (χ1n) is 3.05. The largest absolute Gasteiger partial charge is 0.441 e. The van der Waals surface area contributed by atoms with Crippen LogP contribution >= 0.6 is 11.8 Å². The fraction of sp³-hybridized carbons (Fsp3) is 1.00. The van der Waals surface area contributed by atoms with Crippen LogP contribution in [0.25, 0.3) is 0 Å². The van der Waals surface area contributed by atoms with E-state index >= 15 is 0 Å². The fourth-order valence-electron chi connectivity index (χ4n) is 0.402. The second-order valence-corrected chi connectivity index (χ2v) is 2.86. The van der Waals surface area contributed by atoms with Gasteiger partial charge in [-0.15, -0.1) is 0 Å². The average Bonchev–Trinajstić information content (AvgIpc) is 1.85. The van der Waals surface area contributed by atoms with E-state index in [2.05, 4.69) is 0 Å². The van der Waals surface area contributed by atoms with Crippen molar-refractivity contribution in [3.63, 3.8) is 0 Å². The molecule has 2 nitrogen and oxygen atoms in total. The van der Waals surface area contributed by atoms with E-state index in [1.165, 1.54) is 0 Å². The van der Waals surface area contributed by atoms with Crippen molar-refractivity contribution in [1.82, 2.24) is 0 Å². The predicted octanol–water partition coefficient (Wildman–Crippen LogP) is 1.21. The molecule has 0 aliphatic heterocycles. The summed E-state index contributed by atoms with van der Waals surface area (Å²) < 4.78 is 39.1. The summed E-state index contributed by atoms with van der Waals surface area (Å²) in [4.78, 5) is 0. The molecule has 0 saturated carbocycles. The summed E-state index contributed by atoms with van der Waals surface area (Å²) in [5.74, 6) is -0.0660. The summed E-state index contributed by atoms with van der Waals surface area (Å²) >= 11 is -0.0818. The lowest BCUT2D eigenvalue weighted by Crippen LogP contribution is -2.11. The van der Waals surface area contributed by atoms with Crippen molar-refractivity contribution in [3.8, 4) is 0 Å². The van der Waals surface area contributed by atoms with Gasteiger partial charge in [0.05, 0.1) is 13.2 Å². The standard InChI is InChI=1S/C5H10F3NOS/c6-5(7,8)11-4-3-10-2-1-9/h1-4,9H2. The van der Waals surface area contributed by atoms with Crippen molar-refractivity contribution in [2.45, 2.75) is 5.51 Å². The van der Waals surface area contributed by atoms with Gasteiger partial charge in [-0.3, -0.25) is 0 Å². The Morgan fingerprint density at radius 3 is 2.36 bits per heavy atom. The third-order valence-electron chi connectivity index (χ3n) is 0.756. The van der Waals surface area contributed by atoms with Gasteiger partial charge in [-0.2, -0.15) is 13.2 Å². The van der Waals surface area contributed by atoms with Crippen LogP contribution in [-0.2, 0) is 4.74 Å². The number of hydrogen-bond donors (Lipinski definition) is 1. The van der Waals surface area contributed by atoms with Crippen LogP contribution < -0.4 is 5.73 Å². The maximum atomic E-state index is 11.4. The van der Waals surface area contributed by atoms with E-state index in [4.69, 9.17) is 10.5 Å². The molecule has 0 unspecified atom stereocenters. The lowest BCUT2D eigenvalue weighted by atomic mass is 10.7. The minimum Gasteiger partial charge on any atom is -0.379 e. The Morgan fingerprint density at radius 1 is 1.27 bits per heavy atom. The van der Waals surface area contributed by atoms with E-state index in [9.17, 15) is 13.2 Å². The third kappa shape index (κ3) is 10.1. The van der Waals surface area contributed by atoms with Gasteiger partial charge in [-0.25, -0.2) is 0 Å². The molecule has 0 saturated heterocycles. The first-order chi connectivity index (χ1) is 5.06. The van der Waals surface area contributed by atoms with E-state index in [-0.39, 0.29) is 24.1 Å². The minimum absolute atomic E-state index is 0.0660. The van der Waals surface area contributed by atoms with Crippen LogP contribution in [0.2, 0.25) is 0 Å². The molecule has 0 heterocycles. The van der Waals surface area contributed by atoms with Crippen LogP contribution in [0.4, 0.5) is 13.2 Å². The van der Waals surface area contributed by atoms with E-state index in [1.807, 2.05) is 0 Å². The molecule has 2 N–H and O–H groups in total. The van der Waals surface area contributed by atoms with E-state index < -0.39 is 5.51 Å². The van der Waals surface area contributed by atoms with Crippen LogP contribution in [-0.4, -0.2) is 31.0 Å². The van der Waals surface area contributed by atoms with E-state index in [0.717, 1.165) is 0 Å². The molecule has 6 heteroatoms. The zero-order valence-electron chi connectivity index (χ0n) is 5.86. The Kier molecular flexibility index (Phi) is 5.71. The molecule has 0 radical (unpaired) electrons. The Morgan fingerprint density at radius 2 is 1.91 bits per heavy atom. The number of ether oxygens (including phenoxy) is 1. The smallest absolute Gasteiger partial charge is 0.379 e. The van der Waals surface area contributed by atoms with Gasteiger partial charge in [0.2, 0.25) is 0 Å². The van der Waals surface area contributed by atoms with Gasteiger partial charge in [0.1, 0.15) is 0 Å². The molecule has 0 fully saturated rings. The lowest BCUT2D eigenvalue weighted by Gasteiger charge is -2.04. The molecule has 0 aromatic carbocycles. The fourth-order valence-corrected chi connectivity index (χ4v) is 0.834. The van der Waals surface area contributed by atoms with E-state index in [1.54, 1.807) is 0 Å². The molecule has 0 rings (SSSR count). The minimum atomic E-state index is -4.15. The lowest BCUT2D eigenvalue weighted by molar-refractivity contribution is -0.0331. The topological polar surface area (TPSA) is 35.2 Å². The number of rotatable bonds is 5. The van der Waals surface area contributed by atoms with Crippen LogP contribution in [0.5, 0.6) is 0 Å². The molecule has 0 amide bonds. The average molecular weight is 189 g/mol. The van der Waals surface area contributed by atoms with Gasteiger partial charge in [-0.1, -0.05) is 0 Å². The van der Waals surface area contributed by atoms with Gasteiger partial charge in [-0.05, 0) is 11.8 Å². The van der Waals surface area contributed by atoms with Crippen molar-refractivity contribution >= 4 is 11.8 Å². The highest BCUT2D eigenvalue weighted by Gasteiger charge is 2.27. The van der Waals surface area contributed by atoms with Crippen LogP contribution in [0.3, 0.4) is 0 Å². The van der Waals surface area contributed by atoms with Crippen molar-refractivity contribution in [3.05, 3.63) is 0 Å². The second kappa shape index (κ2) is 5.68. The SMILES string of the molecule is NCCOCCSC(F)(F)F. The molecule has 11 heavy (non-hydrogen) atoms. The zero-order valence-corrected chi connectivity index (χ0v) is 6.67. The van der Waals surface area contributed by atoms with Crippen molar-refractivity contribution in [2.75, 3.05) is 25.5 Å². The maximum absolute atomic E-state index is 11.4. The molecular weight excluding hydrogens is 179 g/mol. The molecule has 0 aromatic rings. The quantitative estimate of drug-likeness (QED) is 0.660. The molecule has 0 atom stereocenters. The normalized spacial score (nSPS) is 12.0. The summed E-state index contributed by atoms with van der Waals surface area (Å²) in [6.07, 6.45) is 0. The molecular formula is C5H10F3NOS. The Hall–Kier alpha value is 0.0600. The zero-order chi connectivity index (χ0) is 8.74. The highest BCUT2D eigenvalue weighted by atomic mass is 32.2. The van der Waals surface area contributed by atoms with Crippen molar-refractivity contribution < 1.29 is 17.9 Å². The predicted molar refractivity (Wildman–Crippen MR) is 38.4 cm³/mol. The summed E-state index contributed by atoms with van der Waals surface area (Å²) in [5, 5.41) is 0. The number of alkyl halides is 3. The van der Waals surface area contributed by atoms with Crippen LogP contribution in [0.1, 0.15) is 0 Å². The van der Waals surface area contributed by atoms with E-state index in [0.29, 0.717) is 13.2 Å². The van der Waals surface area contributed by atoms with Crippen LogP contribution in [0.15, 0.2) is 0 Å². The molecule has 0 spiro atoms. The van der Waals surface area contributed by atoms with Crippen molar-refractivity contribution in [1.29, 1.82) is 0 Å². The highest BCUT2D eigenvalue weighted by Crippen LogP contribution is 2.29. The summed E-state index contributed by atoms with van der Waals surface area (Å²) in [6, 6.07) is 0. The molecule has 0 aliphatic rings.